The standard InChI is InChI=1S/C9H17N3O/c1-3-4-12-9(10-7-11-12)5-8(2)6-13/h7-8,13H,3-6H2,1-2H3. The molecule has 1 unspecified atom stereocenters. The summed E-state index contributed by atoms with van der Waals surface area (Å²) in [4.78, 5) is 4.16. The minimum absolute atomic E-state index is 0.207. The van der Waals surface area contributed by atoms with E-state index >= 15 is 0 Å². The third kappa shape index (κ3) is 2.81. The molecule has 0 radical (unpaired) electrons. The highest BCUT2D eigenvalue weighted by molar-refractivity contribution is 4.86. The van der Waals surface area contributed by atoms with Crippen molar-refractivity contribution in [2.24, 2.45) is 5.92 Å². The van der Waals surface area contributed by atoms with Gasteiger partial charge in [-0.15, -0.1) is 0 Å². The van der Waals surface area contributed by atoms with Gasteiger partial charge in [-0.25, -0.2) is 4.98 Å². The molecule has 0 aromatic carbocycles. The van der Waals surface area contributed by atoms with Crippen LogP contribution in [0.2, 0.25) is 0 Å². The Morgan fingerprint density at radius 3 is 3.00 bits per heavy atom. The largest absolute Gasteiger partial charge is 0.396 e. The van der Waals surface area contributed by atoms with Crippen LogP contribution in [0.3, 0.4) is 0 Å². The fraction of sp³-hybridized carbons (Fsp3) is 0.778. The molecule has 1 aromatic rings. The first-order valence-corrected chi connectivity index (χ1v) is 4.75. The molecule has 0 aliphatic rings. The molecular weight excluding hydrogens is 166 g/mol. The molecule has 0 fully saturated rings. The highest BCUT2D eigenvalue weighted by Gasteiger charge is 2.07. The molecule has 0 bridgehead atoms. The molecule has 1 heterocycles. The molecule has 4 heteroatoms. The first kappa shape index (κ1) is 10.2. The molecule has 1 rings (SSSR count). The van der Waals surface area contributed by atoms with Gasteiger partial charge in [0.1, 0.15) is 12.2 Å². The average molecular weight is 183 g/mol. The minimum Gasteiger partial charge on any atom is -0.396 e. The fourth-order valence-corrected chi connectivity index (χ4v) is 1.22. The molecule has 0 amide bonds. The predicted octanol–water partition coefficient (Wildman–Crippen LogP) is 0.859. The van der Waals surface area contributed by atoms with Crippen molar-refractivity contribution >= 4 is 0 Å². The molecule has 1 atom stereocenters. The van der Waals surface area contributed by atoms with E-state index in [0.717, 1.165) is 25.2 Å². The van der Waals surface area contributed by atoms with E-state index in [-0.39, 0.29) is 12.5 Å². The number of aromatic nitrogens is 3. The fourth-order valence-electron chi connectivity index (χ4n) is 1.22. The summed E-state index contributed by atoms with van der Waals surface area (Å²) < 4.78 is 1.91. The van der Waals surface area contributed by atoms with Crippen LogP contribution in [0.5, 0.6) is 0 Å². The van der Waals surface area contributed by atoms with Crippen molar-refractivity contribution in [3.8, 4) is 0 Å². The number of hydrogen-bond donors (Lipinski definition) is 1. The van der Waals surface area contributed by atoms with E-state index in [2.05, 4.69) is 17.0 Å². The zero-order valence-electron chi connectivity index (χ0n) is 8.27. The maximum atomic E-state index is 8.90. The molecule has 1 aromatic heterocycles. The molecule has 1 N–H and O–H groups in total. The Morgan fingerprint density at radius 2 is 2.38 bits per heavy atom. The van der Waals surface area contributed by atoms with Crippen LogP contribution in [-0.4, -0.2) is 26.5 Å². The molecule has 0 spiro atoms. The van der Waals surface area contributed by atoms with E-state index in [1.54, 1.807) is 6.33 Å². The van der Waals surface area contributed by atoms with Gasteiger partial charge in [0.15, 0.2) is 0 Å². The van der Waals surface area contributed by atoms with Crippen molar-refractivity contribution in [3.05, 3.63) is 12.2 Å². The Kier molecular flexibility index (Phi) is 3.89. The van der Waals surface area contributed by atoms with Gasteiger partial charge in [-0.05, 0) is 12.3 Å². The molecule has 0 saturated carbocycles. The van der Waals surface area contributed by atoms with Crippen molar-refractivity contribution in [2.75, 3.05) is 6.61 Å². The molecule has 0 aliphatic carbocycles. The van der Waals surface area contributed by atoms with Crippen LogP contribution >= 0.6 is 0 Å². The summed E-state index contributed by atoms with van der Waals surface area (Å²) in [5, 5.41) is 13.0. The Hall–Kier alpha value is -0.900. The Morgan fingerprint density at radius 1 is 1.62 bits per heavy atom. The van der Waals surface area contributed by atoms with Gasteiger partial charge in [0, 0.05) is 19.6 Å². The lowest BCUT2D eigenvalue weighted by molar-refractivity contribution is 0.234. The van der Waals surface area contributed by atoms with Crippen molar-refractivity contribution in [1.82, 2.24) is 14.8 Å². The number of nitrogens with zero attached hydrogens (tertiary/aromatic N) is 3. The van der Waals surface area contributed by atoms with Crippen molar-refractivity contribution in [1.29, 1.82) is 0 Å². The van der Waals surface area contributed by atoms with Gasteiger partial charge >= 0.3 is 0 Å². The van der Waals surface area contributed by atoms with Crippen molar-refractivity contribution in [2.45, 2.75) is 33.2 Å². The quantitative estimate of drug-likeness (QED) is 0.736. The summed E-state index contributed by atoms with van der Waals surface area (Å²) in [5.41, 5.74) is 0. The predicted molar refractivity (Wildman–Crippen MR) is 50.3 cm³/mol. The second kappa shape index (κ2) is 4.97. The van der Waals surface area contributed by atoms with Crippen LogP contribution in [0.1, 0.15) is 26.1 Å². The summed E-state index contributed by atoms with van der Waals surface area (Å²) >= 11 is 0. The number of aliphatic hydroxyl groups excluding tert-OH is 1. The Bertz CT molecular complexity index is 247. The highest BCUT2D eigenvalue weighted by Crippen LogP contribution is 2.04. The first-order chi connectivity index (χ1) is 6.27. The van der Waals surface area contributed by atoms with Gasteiger partial charge < -0.3 is 5.11 Å². The van der Waals surface area contributed by atoms with Crippen LogP contribution in [0.25, 0.3) is 0 Å². The number of hydrogen-bond acceptors (Lipinski definition) is 3. The van der Waals surface area contributed by atoms with Gasteiger partial charge in [0.05, 0.1) is 0 Å². The van der Waals surface area contributed by atoms with E-state index in [4.69, 9.17) is 5.11 Å². The van der Waals surface area contributed by atoms with Crippen LogP contribution < -0.4 is 0 Å². The highest BCUT2D eigenvalue weighted by atomic mass is 16.3. The van der Waals surface area contributed by atoms with Crippen molar-refractivity contribution < 1.29 is 5.11 Å². The summed E-state index contributed by atoms with van der Waals surface area (Å²) in [6, 6.07) is 0. The Labute approximate surface area is 78.6 Å². The summed E-state index contributed by atoms with van der Waals surface area (Å²) in [7, 11) is 0. The number of aryl methyl sites for hydroxylation is 1. The van der Waals surface area contributed by atoms with Gasteiger partial charge in [-0.3, -0.25) is 4.68 Å². The smallest absolute Gasteiger partial charge is 0.138 e. The second-order valence-corrected chi connectivity index (χ2v) is 3.39. The zero-order valence-corrected chi connectivity index (χ0v) is 8.27. The van der Waals surface area contributed by atoms with E-state index in [1.807, 2.05) is 11.6 Å². The van der Waals surface area contributed by atoms with Crippen LogP contribution in [0.15, 0.2) is 6.33 Å². The maximum absolute atomic E-state index is 8.90. The maximum Gasteiger partial charge on any atom is 0.138 e. The van der Waals surface area contributed by atoms with E-state index in [1.165, 1.54) is 0 Å². The van der Waals surface area contributed by atoms with Crippen LogP contribution in [0.4, 0.5) is 0 Å². The molecule has 0 aliphatic heterocycles. The third-order valence-corrected chi connectivity index (χ3v) is 1.97. The second-order valence-electron chi connectivity index (χ2n) is 3.39. The van der Waals surface area contributed by atoms with Gasteiger partial charge in [0.2, 0.25) is 0 Å². The minimum atomic E-state index is 0.207. The number of aliphatic hydroxyl groups is 1. The Balaban J connectivity index is 2.59. The average Bonchev–Trinajstić information content (AvgIpc) is 2.54. The summed E-state index contributed by atoms with van der Waals surface area (Å²) in [6.07, 6.45) is 3.44. The van der Waals surface area contributed by atoms with Gasteiger partial charge in [0.25, 0.3) is 0 Å². The van der Waals surface area contributed by atoms with Gasteiger partial charge in [-0.2, -0.15) is 5.10 Å². The molecule has 74 valence electrons. The number of rotatable bonds is 5. The summed E-state index contributed by atoms with van der Waals surface area (Å²) in [6.45, 7) is 5.23. The lowest BCUT2D eigenvalue weighted by Gasteiger charge is -2.08. The molecule has 13 heavy (non-hydrogen) atoms. The van der Waals surface area contributed by atoms with E-state index < -0.39 is 0 Å². The van der Waals surface area contributed by atoms with Crippen LogP contribution in [0, 0.1) is 5.92 Å². The molecule has 4 nitrogen and oxygen atoms in total. The zero-order chi connectivity index (χ0) is 9.68. The van der Waals surface area contributed by atoms with Crippen molar-refractivity contribution in [3.63, 3.8) is 0 Å². The van der Waals surface area contributed by atoms with Gasteiger partial charge in [-0.1, -0.05) is 13.8 Å². The molecular formula is C9H17N3O. The van der Waals surface area contributed by atoms with E-state index in [0.29, 0.717) is 0 Å². The lowest BCUT2D eigenvalue weighted by atomic mass is 10.1. The first-order valence-electron chi connectivity index (χ1n) is 4.75. The topological polar surface area (TPSA) is 50.9 Å². The third-order valence-electron chi connectivity index (χ3n) is 1.97. The van der Waals surface area contributed by atoms with Crippen LogP contribution in [-0.2, 0) is 13.0 Å². The normalized spacial score (nSPS) is 13.2. The lowest BCUT2D eigenvalue weighted by Crippen LogP contribution is -2.11. The van der Waals surface area contributed by atoms with E-state index in [9.17, 15) is 0 Å². The SMILES string of the molecule is CCCn1ncnc1CC(C)CO. The summed E-state index contributed by atoms with van der Waals surface area (Å²) in [5.74, 6) is 1.24. The monoisotopic (exact) mass is 183 g/mol. The molecule has 0 saturated heterocycles.